The van der Waals surface area contributed by atoms with Gasteiger partial charge in [0.05, 0.1) is 30.2 Å². The quantitative estimate of drug-likeness (QED) is 0.754. The van der Waals surface area contributed by atoms with Crippen LogP contribution in [0.5, 0.6) is 0 Å². The fourth-order valence-electron chi connectivity index (χ4n) is 2.69. The highest BCUT2D eigenvalue weighted by Gasteiger charge is 2.28. The average molecular weight is 393 g/mol. The second-order valence-electron chi connectivity index (χ2n) is 6.13. The minimum Gasteiger partial charge on any atom is -0.351 e. The summed E-state index contributed by atoms with van der Waals surface area (Å²) >= 11 is 1.46. The molecule has 1 aromatic carbocycles. The SMILES string of the molecule is O=C(Cc1csc(-c2ccccc2)n1)NCC(=O)NC1CCS(=O)(=O)C1. The summed E-state index contributed by atoms with van der Waals surface area (Å²) in [6, 6.07) is 9.33. The van der Waals surface area contributed by atoms with E-state index in [1.165, 1.54) is 11.3 Å². The Balaban J connectivity index is 1.44. The number of amides is 2. The molecule has 1 aliphatic heterocycles. The van der Waals surface area contributed by atoms with Crippen LogP contribution in [0, 0.1) is 0 Å². The number of rotatable bonds is 6. The Hall–Kier alpha value is -2.26. The Morgan fingerprint density at radius 1 is 1.19 bits per heavy atom. The maximum Gasteiger partial charge on any atom is 0.239 e. The molecule has 1 aliphatic rings. The second kappa shape index (κ2) is 7.96. The predicted octanol–water partition coefficient (Wildman–Crippen LogP) is 0.772. The van der Waals surface area contributed by atoms with Gasteiger partial charge in [-0.2, -0.15) is 0 Å². The number of benzene rings is 1. The van der Waals surface area contributed by atoms with E-state index in [0.717, 1.165) is 10.6 Å². The zero-order chi connectivity index (χ0) is 18.6. The summed E-state index contributed by atoms with van der Waals surface area (Å²) in [5.74, 6) is -0.626. The molecule has 1 unspecified atom stereocenters. The van der Waals surface area contributed by atoms with Gasteiger partial charge in [0.15, 0.2) is 9.84 Å². The number of carbonyl (C=O) groups is 2. The molecule has 1 atom stereocenters. The highest BCUT2D eigenvalue weighted by molar-refractivity contribution is 7.91. The molecule has 3 rings (SSSR count). The van der Waals surface area contributed by atoms with E-state index in [1.807, 2.05) is 35.7 Å². The molecule has 7 nitrogen and oxygen atoms in total. The molecular weight excluding hydrogens is 374 g/mol. The van der Waals surface area contributed by atoms with Gasteiger partial charge in [0.2, 0.25) is 11.8 Å². The van der Waals surface area contributed by atoms with Crippen molar-refractivity contribution < 1.29 is 18.0 Å². The third kappa shape index (κ3) is 5.12. The van der Waals surface area contributed by atoms with E-state index in [4.69, 9.17) is 0 Å². The molecule has 0 radical (unpaired) electrons. The fraction of sp³-hybridized carbons (Fsp3) is 0.353. The molecule has 138 valence electrons. The maximum absolute atomic E-state index is 12.0. The van der Waals surface area contributed by atoms with Crippen LogP contribution in [0.25, 0.3) is 10.6 Å². The Kier molecular flexibility index (Phi) is 5.67. The van der Waals surface area contributed by atoms with E-state index in [0.29, 0.717) is 12.1 Å². The summed E-state index contributed by atoms with van der Waals surface area (Å²) in [4.78, 5) is 28.2. The lowest BCUT2D eigenvalue weighted by Crippen LogP contribution is -2.42. The number of aromatic nitrogens is 1. The molecule has 1 aromatic heterocycles. The Labute approximate surface area is 155 Å². The van der Waals surface area contributed by atoms with Crippen LogP contribution in [-0.2, 0) is 25.8 Å². The van der Waals surface area contributed by atoms with Crippen molar-refractivity contribution in [3.63, 3.8) is 0 Å². The first-order chi connectivity index (χ1) is 12.4. The first-order valence-corrected chi connectivity index (χ1v) is 10.9. The second-order valence-corrected chi connectivity index (χ2v) is 9.22. The van der Waals surface area contributed by atoms with Crippen LogP contribution in [0.4, 0.5) is 0 Å². The van der Waals surface area contributed by atoms with Gasteiger partial charge in [0.1, 0.15) is 5.01 Å². The van der Waals surface area contributed by atoms with Crippen molar-refractivity contribution in [2.75, 3.05) is 18.1 Å². The fourth-order valence-corrected chi connectivity index (χ4v) is 5.19. The van der Waals surface area contributed by atoms with Gasteiger partial charge < -0.3 is 10.6 Å². The molecule has 0 bridgehead atoms. The standard InChI is InChI=1S/C17H19N3O4S2/c21-15(18-9-16(22)19-13-6-7-26(23,24)11-13)8-14-10-25-17(20-14)12-4-2-1-3-5-12/h1-5,10,13H,6-9,11H2,(H,18,21)(H,19,22). The highest BCUT2D eigenvalue weighted by Crippen LogP contribution is 2.23. The van der Waals surface area contributed by atoms with Crippen LogP contribution in [0.2, 0.25) is 0 Å². The molecule has 9 heteroatoms. The van der Waals surface area contributed by atoms with E-state index >= 15 is 0 Å². The number of thiazole rings is 1. The van der Waals surface area contributed by atoms with Gasteiger partial charge in [-0.1, -0.05) is 30.3 Å². The third-order valence-electron chi connectivity index (χ3n) is 3.96. The van der Waals surface area contributed by atoms with E-state index in [1.54, 1.807) is 0 Å². The van der Waals surface area contributed by atoms with Gasteiger partial charge in [-0.15, -0.1) is 11.3 Å². The van der Waals surface area contributed by atoms with E-state index < -0.39 is 9.84 Å². The summed E-state index contributed by atoms with van der Waals surface area (Å²) in [7, 11) is -3.04. The van der Waals surface area contributed by atoms with Crippen molar-refractivity contribution in [3.05, 3.63) is 41.4 Å². The molecule has 2 heterocycles. The van der Waals surface area contributed by atoms with Crippen LogP contribution in [0.15, 0.2) is 35.7 Å². The Morgan fingerprint density at radius 3 is 2.65 bits per heavy atom. The predicted molar refractivity (Wildman–Crippen MR) is 99.5 cm³/mol. The third-order valence-corrected chi connectivity index (χ3v) is 6.67. The molecule has 2 N–H and O–H groups in total. The summed E-state index contributed by atoms with van der Waals surface area (Å²) in [5, 5.41) is 7.84. The van der Waals surface area contributed by atoms with E-state index in [9.17, 15) is 18.0 Å². The Morgan fingerprint density at radius 2 is 1.96 bits per heavy atom. The molecule has 1 fully saturated rings. The monoisotopic (exact) mass is 393 g/mol. The number of hydrogen-bond acceptors (Lipinski definition) is 6. The van der Waals surface area contributed by atoms with Gasteiger partial charge in [0.25, 0.3) is 0 Å². The summed E-state index contributed by atoms with van der Waals surface area (Å²) < 4.78 is 22.7. The summed E-state index contributed by atoms with van der Waals surface area (Å²) in [5.41, 5.74) is 1.64. The zero-order valence-electron chi connectivity index (χ0n) is 14.0. The van der Waals surface area contributed by atoms with Gasteiger partial charge in [0, 0.05) is 17.0 Å². The lowest BCUT2D eigenvalue weighted by Gasteiger charge is -2.11. The lowest BCUT2D eigenvalue weighted by atomic mass is 10.2. The highest BCUT2D eigenvalue weighted by atomic mass is 32.2. The first-order valence-electron chi connectivity index (χ1n) is 8.17. The van der Waals surface area contributed by atoms with Crippen molar-refractivity contribution in [1.82, 2.24) is 15.6 Å². The number of hydrogen-bond donors (Lipinski definition) is 2. The molecule has 0 saturated carbocycles. The minimum atomic E-state index is -3.04. The minimum absolute atomic E-state index is 0.0340. The van der Waals surface area contributed by atoms with Gasteiger partial charge in [-0.25, -0.2) is 13.4 Å². The zero-order valence-corrected chi connectivity index (χ0v) is 15.6. The molecular formula is C17H19N3O4S2. The van der Waals surface area contributed by atoms with E-state index in [-0.39, 0.29) is 42.3 Å². The molecule has 2 aromatic rings. The van der Waals surface area contributed by atoms with Crippen molar-refractivity contribution in [1.29, 1.82) is 0 Å². The van der Waals surface area contributed by atoms with Crippen LogP contribution >= 0.6 is 11.3 Å². The van der Waals surface area contributed by atoms with Crippen molar-refractivity contribution >= 4 is 33.0 Å². The molecule has 0 spiro atoms. The average Bonchev–Trinajstić information content (AvgIpc) is 3.20. The molecule has 26 heavy (non-hydrogen) atoms. The largest absolute Gasteiger partial charge is 0.351 e. The van der Waals surface area contributed by atoms with Gasteiger partial charge >= 0.3 is 0 Å². The molecule has 1 saturated heterocycles. The normalized spacial score (nSPS) is 18.4. The number of nitrogens with one attached hydrogen (secondary N) is 2. The van der Waals surface area contributed by atoms with Crippen LogP contribution in [0.1, 0.15) is 12.1 Å². The lowest BCUT2D eigenvalue weighted by molar-refractivity contribution is -0.126. The maximum atomic E-state index is 12.0. The van der Waals surface area contributed by atoms with Gasteiger partial charge in [-0.3, -0.25) is 9.59 Å². The van der Waals surface area contributed by atoms with Crippen molar-refractivity contribution in [2.45, 2.75) is 18.9 Å². The van der Waals surface area contributed by atoms with Crippen LogP contribution < -0.4 is 10.6 Å². The van der Waals surface area contributed by atoms with Gasteiger partial charge in [-0.05, 0) is 6.42 Å². The topological polar surface area (TPSA) is 105 Å². The first kappa shape index (κ1) is 18.5. The smallest absolute Gasteiger partial charge is 0.239 e. The summed E-state index contributed by atoms with van der Waals surface area (Å²) in [6.07, 6.45) is 0.511. The number of nitrogens with zero attached hydrogens (tertiary/aromatic N) is 1. The van der Waals surface area contributed by atoms with E-state index in [2.05, 4.69) is 15.6 Å². The Bertz CT molecular complexity index is 894. The summed E-state index contributed by atoms with van der Waals surface area (Å²) in [6.45, 7) is -0.176. The number of carbonyl (C=O) groups excluding carboxylic acids is 2. The molecule has 2 amide bonds. The van der Waals surface area contributed by atoms with Crippen LogP contribution in [0.3, 0.4) is 0 Å². The van der Waals surface area contributed by atoms with Crippen LogP contribution in [-0.4, -0.2) is 49.3 Å². The van der Waals surface area contributed by atoms with Crippen molar-refractivity contribution in [3.8, 4) is 10.6 Å². The van der Waals surface area contributed by atoms with Crippen molar-refractivity contribution in [2.24, 2.45) is 0 Å². The molecule has 0 aliphatic carbocycles. The number of sulfone groups is 1.